The van der Waals surface area contributed by atoms with Crippen molar-refractivity contribution in [2.45, 2.75) is 25.3 Å². The number of benzene rings is 1. The Morgan fingerprint density at radius 1 is 1.26 bits per heavy atom. The second-order valence-electron chi connectivity index (χ2n) is 4.90. The molecule has 4 nitrogen and oxygen atoms in total. The molecule has 0 fully saturated rings. The molecule has 1 aromatic carbocycles. The van der Waals surface area contributed by atoms with E-state index in [9.17, 15) is 15.0 Å². The fourth-order valence-electron chi connectivity index (χ4n) is 2.23. The maximum atomic E-state index is 12.0. The molecule has 0 heterocycles. The molecular formula is C15H19NO3. The van der Waals surface area contributed by atoms with Gasteiger partial charge < -0.3 is 15.5 Å². The van der Waals surface area contributed by atoms with E-state index in [1.807, 2.05) is 12.2 Å². The average molecular weight is 261 g/mol. The molecule has 0 unspecified atom stereocenters. The molecule has 0 spiro atoms. The van der Waals surface area contributed by atoms with Gasteiger partial charge >= 0.3 is 0 Å². The Morgan fingerprint density at radius 2 is 1.89 bits per heavy atom. The summed E-state index contributed by atoms with van der Waals surface area (Å²) in [7, 11) is 0. The summed E-state index contributed by atoms with van der Waals surface area (Å²) in [5.41, 5.74) is 0.974. The van der Waals surface area contributed by atoms with Crippen LogP contribution in [0.1, 0.15) is 18.4 Å². The fraction of sp³-hybridized carbons (Fsp3) is 0.400. The zero-order chi connectivity index (χ0) is 13.7. The van der Waals surface area contributed by atoms with Gasteiger partial charge in [-0.15, -0.1) is 0 Å². The number of amides is 1. The number of allylic oxidation sites excluding steroid dienone is 2. The first-order valence-corrected chi connectivity index (χ1v) is 6.53. The molecule has 1 atom stereocenters. The Kier molecular flexibility index (Phi) is 4.58. The summed E-state index contributed by atoms with van der Waals surface area (Å²) in [4.78, 5) is 12.0. The predicted molar refractivity (Wildman–Crippen MR) is 72.7 cm³/mol. The Labute approximate surface area is 112 Å². The molecule has 2 rings (SSSR count). The van der Waals surface area contributed by atoms with Gasteiger partial charge in [0, 0.05) is 5.92 Å². The second-order valence-corrected chi connectivity index (χ2v) is 4.90. The minimum Gasteiger partial charge on any atom is -0.508 e. The summed E-state index contributed by atoms with van der Waals surface area (Å²) in [5.74, 6) is 0.224. The van der Waals surface area contributed by atoms with Crippen LogP contribution >= 0.6 is 0 Å². The molecule has 4 heteroatoms. The largest absolute Gasteiger partial charge is 0.508 e. The average Bonchev–Trinajstić information content (AvgIpc) is 2.94. The van der Waals surface area contributed by atoms with Crippen molar-refractivity contribution < 1.29 is 15.0 Å². The standard InChI is InChI=1S/C15H19NO3/c17-10-13(9-11-5-7-14(18)8-6-11)16-15(19)12-3-1-2-4-12/h1-2,5-8,12-13,17-18H,3-4,9-10H2,(H,16,19)/t13-/m0/s1. The van der Waals surface area contributed by atoms with Crippen LogP contribution in [0.25, 0.3) is 0 Å². The number of carbonyl (C=O) groups excluding carboxylic acids is 1. The number of aliphatic hydroxyl groups excluding tert-OH is 1. The van der Waals surface area contributed by atoms with E-state index < -0.39 is 0 Å². The summed E-state index contributed by atoms with van der Waals surface area (Å²) in [6.07, 6.45) is 6.14. The maximum absolute atomic E-state index is 12.0. The summed E-state index contributed by atoms with van der Waals surface area (Å²) >= 11 is 0. The Morgan fingerprint density at radius 3 is 2.47 bits per heavy atom. The minimum absolute atomic E-state index is 0.00262. The Hall–Kier alpha value is -1.81. The van der Waals surface area contributed by atoms with Crippen LogP contribution in [-0.4, -0.2) is 28.8 Å². The van der Waals surface area contributed by atoms with Crippen molar-refractivity contribution in [1.29, 1.82) is 0 Å². The molecule has 0 aromatic heterocycles. The van der Waals surface area contributed by atoms with Crippen molar-refractivity contribution in [3.63, 3.8) is 0 Å². The van der Waals surface area contributed by atoms with Crippen molar-refractivity contribution in [2.24, 2.45) is 5.92 Å². The van der Waals surface area contributed by atoms with Crippen LogP contribution in [0.5, 0.6) is 5.75 Å². The molecule has 0 radical (unpaired) electrons. The van der Waals surface area contributed by atoms with Crippen molar-refractivity contribution in [1.82, 2.24) is 5.32 Å². The molecule has 1 amide bonds. The number of phenolic OH excluding ortho intramolecular Hbond substituents is 1. The number of hydrogen-bond donors (Lipinski definition) is 3. The second kappa shape index (κ2) is 6.38. The van der Waals surface area contributed by atoms with Crippen LogP contribution in [0.15, 0.2) is 36.4 Å². The van der Waals surface area contributed by atoms with E-state index in [1.165, 1.54) is 0 Å². The van der Waals surface area contributed by atoms with Crippen LogP contribution in [-0.2, 0) is 11.2 Å². The quantitative estimate of drug-likeness (QED) is 0.701. The summed E-state index contributed by atoms with van der Waals surface area (Å²) in [6.45, 7) is -0.0905. The lowest BCUT2D eigenvalue weighted by molar-refractivity contribution is -0.125. The first-order chi connectivity index (χ1) is 9.19. The highest BCUT2D eigenvalue weighted by Gasteiger charge is 2.21. The number of aliphatic hydroxyl groups is 1. The molecular weight excluding hydrogens is 242 g/mol. The van der Waals surface area contributed by atoms with E-state index in [4.69, 9.17) is 0 Å². The molecule has 19 heavy (non-hydrogen) atoms. The maximum Gasteiger partial charge on any atom is 0.224 e. The van der Waals surface area contributed by atoms with Crippen molar-refractivity contribution in [3.05, 3.63) is 42.0 Å². The molecule has 102 valence electrons. The lowest BCUT2D eigenvalue weighted by Gasteiger charge is -2.19. The Balaban J connectivity index is 1.89. The van der Waals surface area contributed by atoms with Gasteiger partial charge in [0.15, 0.2) is 0 Å². The lowest BCUT2D eigenvalue weighted by atomic mass is 10.0. The third kappa shape index (κ3) is 3.83. The molecule has 0 bridgehead atoms. The van der Waals surface area contributed by atoms with Crippen LogP contribution in [0.3, 0.4) is 0 Å². The monoisotopic (exact) mass is 261 g/mol. The van der Waals surface area contributed by atoms with Gasteiger partial charge in [0.05, 0.1) is 12.6 Å². The zero-order valence-electron chi connectivity index (χ0n) is 10.7. The van der Waals surface area contributed by atoms with E-state index in [-0.39, 0.29) is 30.2 Å². The highest BCUT2D eigenvalue weighted by molar-refractivity contribution is 5.79. The van der Waals surface area contributed by atoms with Gasteiger partial charge in [-0.05, 0) is 37.0 Å². The number of hydrogen-bond acceptors (Lipinski definition) is 3. The highest BCUT2D eigenvalue weighted by atomic mass is 16.3. The van der Waals surface area contributed by atoms with Crippen molar-refractivity contribution >= 4 is 5.91 Å². The molecule has 1 aromatic rings. The number of nitrogens with one attached hydrogen (secondary N) is 1. The van der Waals surface area contributed by atoms with E-state index in [0.717, 1.165) is 18.4 Å². The van der Waals surface area contributed by atoms with Crippen LogP contribution < -0.4 is 5.32 Å². The topological polar surface area (TPSA) is 69.6 Å². The van der Waals surface area contributed by atoms with Crippen molar-refractivity contribution in [2.75, 3.05) is 6.61 Å². The molecule has 0 saturated heterocycles. The fourth-order valence-corrected chi connectivity index (χ4v) is 2.23. The van der Waals surface area contributed by atoms with Crippen molar-refractivity contribution in [3.8, 4) is 5.75 Å². The number of aromatic hydroxyl groups is 1. The van der Waals surface area contributed by atoms with Gasteiger partial charge in [-0.1, -0.05) is 24.3 Å². The number of phenols is 1. The van der Waals surface area contributed by atoms with E-state index in [1.54, 1.807) is 24.3 Å². The summed E-state index contributed by atoms with van der Waals surface area (Å²) in [6, 6.07) is 6.51. The van der Waals surface area contributed by atoms with Gasteiger partial charge in [-0.25, -0.2) is 0 Å². The normalized spacial score (nSPS) is 16.5. The molecule has 1 aliphatic carbocycles. The molecule has 3 N–H and O–H groups in total. The van der Waals surface area contributed by atoms with Crippen LogP contribution in [0, 0.1) is 5.92 Å². The van der Waals surface area contributed by atoms with Crippen LogP contribution in [0.4, 0.5) is 0 Å². The minimum atomic E-state index is -0.280. The third-order valence-corrected chi connectivity index (χ3v) is 3.36. The summed E-state index contributed by atoms with van der Waals surface area (Å²) in [5, 5.41) is 21.4. The van der Waals surface area contributed by atoms with E-state index in [2.05, 4.69) is 5.32 Å². The van der Waals surface area contributed by atoms with Gasteiger partial charge in [0.25, 0.3) is 0 Å². The highest BCUT2D eigenvalue weighted by Crippen LogP contribution is 2.18. The first-order valence-electron chi connectivity index (χ1n) is 6.53. The lowest BCUT2D eigenvalue weighted by Crippen LogP contribution is -2.41. The number of rotatable bonds is 5. The van der Waals surface area contributed by atoms with Crippen LogP contribution in [0.2, 0.25) is 0 Å². The summed E-state index contributed by atoms with van der Waals surface area (Å²) < 4.78 is 0. The molecule has 0 aliphatic heterocycles. The zero-order valence-corrected chi connectivity index (χ0v) is 10.7. The van der Waals surface area contributed by atoms with E-state index >= 15 is 0 Å². The predicted octanol–water partition coefficient (Wildman–Crippen LogP) is 1.38. The van der Waals surface area contributed by atoms with Gasteiger partial charge in [-0.3, -0.25) is 4.79 Å². The molecule has 0 saturated carbocycles. The third-order valence-electron chi connectivity index (χ3n) is 3.36. The molecule has 1 aliphatic rings. The smallest absolute Gasteiger partial charge is 0.224 e. The van der Waals surface area contributed by atoms with Gasteiger partial charge in [0.2, 0.25) is 5.91 Å². The van der Waals surface area contributed by atoms with Gasteiger partial charge in [0.1, 0.15) is 5.75 Å². The first kappa shape index (κ1) is 13.6. The SMILES string of the molecule is O=C(N[C@H](CO)Cc1ccc(O)cc1)C1CC=CC1. The van der Waals surface area contributed by atoms with Gasteiger partial charge in [-0.2, -0.15) is 0 Å². The Bertz CT molecular complexity index is 445. The van der Waals surface area contributed by atoms with E-state index in [0.29, 0.717) is 6.42 Å². The number of carbonyl (C=O) groups is 1.